The number of nitrogens with zero attached hydrogens (tertiary/aromatic N) is 1. The van der Waals surface area contributed by atoms with E-state index < -0.39 is 0 Å². The number of fused-ring (bicyclic) bond motifs is 3. The number of esters is 1. The molecule has 0 amide bonds. The molecule has 118 valence electrons. The van der Waals surface area contributed by atoms with E-state index in [4.69, 9.17) is 4.74 Å². The van der Waals surface area contributed by atoms with Gasteiger partial charge < -0.3 is 10.1 Å². The van der Waals surface area contributed by atoms with Gasteiger partial charge in [0.1, 0.15) is 6.61 Å². The van der Waals surface area contributed by atoms with Crippen LogP contribution < -0.4 is 5.32 Å². The predicted molar refractivity (Wildman–Crippen MR) is 93.7 cm³/mol. The molecule has 2 aliphatic heterocycles. The SMILES string of the molecule is O=C1OCC2=C1C(c1ccccc1Br)c1c(ccc3cn[nH]c13)N2. The van der Waals surface area contributed by atoms with Gasteiger partial charge in [-0.3, -0.25) is 5.10 Å². The van der Waals surface area contributed by atoms with E-state index in [1.54, 1.807) is 6.20 Å². The van der Waals surface area contributed by atoms with Crippen LogP contribution in [0.4, 0.5) is 5.69 Å². The molecule has 1 unspecified atom stereocenters. The molecule has 0 aliphatic carbocycles. The average molecular weight is 382 g/mol. The summed E-state index contributed by atoms with van der Waals surface area (Å²) in [5.74, 6) is -0.466. The highest BCUT2D eigenvalue weighted by atomic mass is 79.9. The molecule has 0 spiro atoms. The summed E-state index contributed by atoms with van der Waals surface area (Å²) < 4.78 is 6.26. The van der Waals surface area contributed by atoms with Crippen molar-refractivity contribution in [1.82, 2.24) is 10.2 Å². The molecule has 2 aliphatic rings. The van der Waals surface area contributed by atoms with Crippen LogP contribution in [0.25, 0.3) is 10.9 Å². The number of hydrogen-bond donors (Lipinski definition) is 2. The largest absolute Gasteiger partial charge is 0.456 e. The first-order valence-electron chi connectivity index (χ1n) is 7.61. The number of hydrogen-bond acceptors (Lipinski definition) is 4. The molecule has 24 heavy (non-hydrogen) atoms. The maximum Gasteiger partial charge on any atom is 0.337 e. The number of rotatable bonds is 1. The van der Waals surface area contributed by atoms with Crippen LogP contribution in [-0.4, -0.2) is 22.8 Å². The molecule has 1 atom stereocenters. The van der Waals surface area contributed by atoms with E-state index in [1.807, 2.05) is 36.4 Å². The lowest BCUT2D eigenvalue weighted by Crippen LogP contribution is -2.20. The summed E-state index contributed by atoms with van der Waals surface area (Å²) >= 11 is 3.63. The molecule has 1 aromatic heterocycles. The van der Waals surface area contributed by atoms with Gasteiger partial charge in [0.25, 0.3) is 0 Å². The van der Waals surface area contributed by atoms with Gasteiger partial charge >= 0.3 is 5.97 Å². The maximum absolute atomic E-state index is 12.4. The van der Waals surface area contributed by atoms with E-state index >= 15 is 0 Å². The Morgan fingerprint density at radius 2 is 2.08 bits per heavy atom. The van der Waals surface area contributed by atoms with E-state index in [0.717, 1.165) is 37.9 Å². The van der Waals surface area contributed by atoms with Crippen molar-refractivity contribution in [3.8, 4) is 0 Å². The minimum absolute atomic E-state index is 0.203. The molecule has 0 saturated heterocycles. The fraction of sp³-hybridized carbons (Fsp3) is 0.111. The second kappa shape index (κ2) is 4.95. The van der Waals surface area contributed by atoms with Gasteiger partial charge in [0, 0.05) is 27.0 Å². The Hall–Kier alpha value is -2.60. The summed E-state index contributed by atoms with van der Waals surface area (Å²) in [6.07, 6.45) is 1.80. The first kappa shape index (κ1) is 13.8. The van der Waals surface area contributed by atoms with Gasteiger partial charge in [-0.2, -0.15) is 5.10 Å². The minimum atomic E-state index is -0.263. The van der Waals surface area contributed by atoms with Gasteiger partial charge in [-0.1, -0.05) is 34.1 Å². The van der Waals surface area contributed by atoms with Crippen LogP contribution in [0.15, 0.2) is 58.3 Å². The molecule has 0 radical (unpaired) electrons. The molecule has 5 nitrogen and oxygen atoms in total. The molecule has 5 rings (SSSR count). The summed E-state index contributed by atoms with van der Waals surface area (Å²) in [7, 11) is 0. The van der Waals surface area contributed by atoms with Gasteiger partial charge in [0.05, 0.1) is 23.0 Å². The van der Waals surface area contributed by atoms with E-state index in [9.17, 15) is 4.79 Å². The Balaban J connectivity index is 1.86. The van der Waals surface area contributed by atoms with Gasteiger partial charge in [0.2, 0.25) is 0 Å². The van der Waals surface area contributed by atoms with Crippen LogP contribution in [0.2, 0.25) is 0 Å². The number of H-pyrrole nitrogens is 1. The highest BCUT2D eigenvalue weighted by molar-refractivity contribution is 9.10. The Kier molecular flexibility index (Phi) is 2.84. The van der Waals surface area contributed by atoms with Crippen LogP contribution >= 0.6 is 15.9 Å². The molecule has 2 aromatic carbocycles. The van der Waals surface area contributed by atoms with Crippen molar-refractivity contribution < 1.29 is 9.53 Å². The van der Waals surface area contributed by atoms with E-state index in [2.05, 4.69) is 31.4 Å². The number of benzene rings is 2. The molecular formula is C18H12BrN3O2. The van der Waals surface area contributed by atoms with Gasteiger partial charge in [-0.25, -0.2) is 4.79 Å². The minimum Gasteiger partial charge on any atom is -0.456 e. The monoisotopic (exact) mass is 381 g/mol. The maximum atomic E-state index is 12.4. The van der Waals surface area contributed by atoms with Crippen molar-refractivity contribution in [3.05, 3.63) is 69.5 Å². The molecule has 3 heterocycles. The highest BCUT2D eigenvalue weighted by Crippen LogP contribution is 2.48. The second-order valence-corrected chi connectivity index (χ2v) is 6.76. The van der Waals surface area contributed by atoms with E-state index in [0.29, 0.717) is 5.57 Å². The third kappa shape index (κ3) is 1.80. The summed E-state index contributed by atoms with van der Waals surface area (Å²) in [5.41, 5.74) is 5.49. The van der Waals surface area contributed by atoms with Crippen molar-refractivity contribution in [2.24, 2.45) is 0 Å². The zero-order valence-electron chi connectivity index (χ0n) is 12.5. The number of nitrogens with one attached hydrogen (secondary N) is 2. The Labute approximate surface area is 145 Å². The number of anilines is 1. The van der Waals surface area contributed by atoms with Gasteiger partial charge in [-0.15, -0.1) is 0 Å². The lowest BCUT2D eigenvalue weighted by molar-refractivity contribution is -0.136. The second-order valence-electron chi connectivity index (χ2n) is 5.91. The zero-order chi connectivity index (χ0) is 16.3. The van der Waals surface area contributed by atoms with Crippen LogP contribution in [0.3, 0.4) is 0 Å². The molecule has 6 heteroatoms. The number of carbonyl (C=O) groups is 1. The Morgan fingerprint density at radius 3 is 2.96 bits per heavy atom. The van der Waals surface area contributed by atoms with Gasteiger partial charge in [-0.05, 0) is 23.8 Å². The molecule has 0 bridgehead atoms. The third-order valence-corrected chi connectivity index (χ3v) is 5.35. The fourth-order valence-electron chi connectivity index (χ4n) is 3.58. The Bertz CT molecular complexity index is 1040. The fourth-order valence-corrected chi connectivity index (χ4v) is 4.10. The topological polar surface area (TPSA) is 67.0 Å². The summed E-state index contributed by atoms with van der Waals surface area (Å²) in [6.45, 7) is 0.287. The number of halogens is 1. The van der Waals surface area contributed by atoms with Crippen LogP contribution in [0.5, 0.6) is 0 Å². The van der Waals surface area contributed by atoms with Crippen molar-refractivity contribution in [2.75, 3.05) is 11.9 Å². The molecule has 3 aromatic rings. The number of carbonyl (C=O) groups excluding carboxylic acids is 1. The van der Waals surface area contributed by atoms with Crippen molar-refractivity contribution in [2.45, 2.75) is 5.92 Å². The number of ether oxygens (including phenoxy) is 1. The van der Waals surface area contributed by atoms with E-state index in [-0.39, 0.29) is 18.5 Å². The lowest BCUT2D eigenvalue weighted by Gasteiger charge is -2.28. The first-order valence-corrected chi connectivity index (χ1v) is 8.41. The number of cyclic esters (lactones) is 1. The van der Waals surface area contributed by atoms with Crippen LogP contribution in [-0.2, 0) is 9.53 Å². The molecular weight excluding hydrogens is 370 g/mol. The van der Waals surface area contributed by atoms with Crippen molar-refractivity contribution >= 4 is 38.5 Å². The predicted octanol–water partition coefficient (Wildman–Crippen LogP) is 3.69. The zero-order valence-corrected chi connectivity index (χ0v) is 14.1. The summed E-state index contributed by atoms with van der Waals surface area (Å²) in [6, 6.07) is 12.0. The molecule has 0 saturated carbocycles. The van der Waals surface area contributed by atoms with Crippen molar-refractivity contribution in [1.29, 1.82) is 0 Å². The first-order chi connectivity index (χ1) is 11.7. The van der Waals surface area contributed by atoms with Gasteiger partial charge in [0.15, 0.2) is 0 Å². The average Bonchev–Trinajstić information content (AvgIpc) is 3.20. The summed E-state index contributed by atoms with van der Waals surface area (Å²) in [5, 5.41) is 11.6. The number of aromatic amines is 1. The highest BCUT2D eigenvalue weighted by Gasteiger charge is 2.40. The lowest BCUT2D eigenvalue weighted by atomic mass is 9.80. The Morgan fingerprint density at radius 1 is 1.21 bits per heavy atom. The number of aromatic nitrogens is 2. The summed E-state index contributed by atoms with van der Waals surface area (Å²) in [4.78, 5) is 12.4. The van der Waals surface area contributed by atoms with Crippen LogP contribution in [0.1, 0.15) is 17.0 Å². The smallest absolute Gasteiger partial charge is 0.337 e. The van der Waals surface area contributed by atoms with E-state index in [1.165, 1.54) is 0 Å². The normalized spacial score (nSPS) is 19.0. The van der Waals surface area contributed by atoms with Crippen LogP contribution in [0, 0.1) is 0 Å². The molecule has 2 N–H and O–H groups in total. The quantitative estimate of drug-likeness (QED) is 0.630. The van der Waals surface area contributed by atoms with Crippen molar-refractivity contribution in [3.63, 3.8) is 0 Å². The third-order valence-electron chi connectivity index (χ3n) is 4.63. The standard InChI is InChI=1S/C18H12BrN3O2/c19-11-4-2-1-3-10(11)14-15-12(6-5-9-7-20-22-17(9)15)21-13-8-24-18(23)16(13)14/h1-7,14,21H,8H2,(H,20,22). The molecule has 0 fully saturated rings.